The van der Waals surface area contributed by atoms with Crippen molar-refractivity contribution in [2.75, 3.05) is 20.1 Å². The molecule has 0 heterocycles. The second-order valence-corrected chi connectivity index (χ2v) is 4.22. The van der Waals surface area contributed by atoms with Crippen molar-refractivity contribution in [2.24, 2.45) is 5.73 Å². The SMILES string of the molecule is CN(CCc1ccccc1Br)C(=O)CN. The smallest absolute Gasteiger partial charge is 0.236 e. The number of hydrogen-bond acceptors (Lipinski definition) is 2. The van der Waals surface area contributed by atoms with E-state index in [0.29, 0.717) is 6.54 Å². The molecular weight excluding hydrogens is 256 g/mol. The van der Waals surface area contributed by atoms with Gasteiger partial charge in [0.1, 0.15) is 0 Å². The van der Waals surface area contributed by atoms with Gasteiger partial charge in [-0.25, -0.2) is 0 Å². The highest BCUT2D eigenvalue weighted by Gasteiger charge is 2.06. The van der Waals surface area contributed by atoms with Crippen LogP contribution < -0.4 is 5.73 Å². The molecule has 0 spiro atoms. The summed E-state index contributed by atoms with van der Waals surface area (Å²) >= 11 is 3.47. The first-order valence-corrected chi connectivity index (χ1v) is 5.62. The van der Waals surface area contributed by atoms with Gasteiger partial charge in [-0.2, -0.15) is 0 Å². The molecule has 0 atom stereocenters. The van der Waals surface area contributed by atoms with E-state index in [1.807, 2.05) is 24.3 Å². The van der Waals surface area contributed by atoms with Gasteiger partial charge in [0.2, 0.25) is 5.91 Å². The van der Waals surface area contributed by atoms with Crippen LogP contribution in [0.5, 0.6) is 0 Å². The number of carbonyl (C=O) groups is 1. The molecule has 0 radical (unpaired) electrons. The Balaban J connectivity index is 2.50. The van der Waals surface area contributed by atoms with Gasteiger partial charge >= 0.3 is 0 Å². The summed E-state index contributed by atoms with van der Waals surface area (Å²) in [5.74, 6) is -0.0259. The van der Waals surface area contributed by atoms with Crippen molar-refractivity contribution in [3.05, 3.63) is 34.3 Å². The topological polar surface area (TPSA) is 46.3 Å². The molecule has 1 amide bonds. The summed E-state index contributed by atoms with van der Waals surface area (Å²) in [7, 11) is 1.77. The van der Waals surface area contributed by atoms with Crippen LogP contribution in [0.2, 0.25) is 0 Å². The molecule has 1 rings (SSSR count). The van der Waals surface area contributed by atoms with E-state index in [1.165, 1.54) is 5.56 Å². The first-order valence-electron chi connectivity index (χ1n) is 4.82. The summed E-state index contributed by atoms with van der Waals surface area (Å²) in [5.41, 5.74) is 6.47. The lowest BCUT2D eigenvalue weighted by Gasteiger charge is -2.16. The van der Waals surface area contributed by atoms with Gasteiger partial charge < -0.3 is 10.6 Å². The lowest BCUT2D eigenvalue weighted by molar-refractivity contribution is -0.128. The maximum absolute atomic E-state index is 11.2. The molecule has 1 aromatic carbocycles. The fourth-order valence-electron chi connectivity index (χ4n) is 1.27. The summed E-state index contributed by atoms with van der Waals surface area (Å²) in [6.07, 6.45) is 0.837. The third-order valence-electron chi connectivity index (χ3n) is 2.27. The van der Waals surface area contributed by atoms with E-state index in [-0.39, 0.29) is 12.5 Å². The van der Waals surface area contributed by atoms with Gasteiger partial charge in [0.15, 0.2) is 0 Å². The minimum atomic E-state index is -0.0259. The number of hydrogen-bond donors (Lipinski definition) is 1. The van der Waals surface area contributed by atoms with E-state index in [9.17, 15) is 4.79 Å². The Kier molecular flexibility index (Phi) is 4.78. The van der Waals surface area contributed by atoms with Crippen LogP contribution in [0, 0.1) is 0 Å². The number of rotatable bonds is 4. The van der Waals surface area contributed by atoms with Crippen LogP contribution in [0.25, 0.3) is 0 Å². The van der Waals surface area contributed by atoms with Crippen LogP contribution in [0.15, 0.2) is 28.7 Å². The van der Waals surface area contributed by atoms with Crippen LogP contribution in [0.4, 0.5) is 0 Å². The van der Waals surface area contributed by atoms with Gasteiger partial charge in [-0.1, -0.05) is 34.1 Å². The molecule has 0 fully saturated rings. The van der Waals surface area contributed by atoms with Gasteiger partial charge in [-0.15, -0.1) is 0 Å². The van der Waals surface area contributed by atoms with Crippen molar-refractivity contribution in [1.29, 1.82) is 0 Å². The fourth-order valence-corrected chi connectivity index (χ4v) is 1.75. The number of carbonyl (C=O) groups excluding carboxylic acids is 1. The Morgan fingerprint density at radius 3 is 2.73 bits per heavy atom. The van der Waals surface area contributed by atoms with Gasteiger partial charge in [0.05, 0.1) is 6.54 Å². The van der Waals surface area contributed by atoms with Gasteiger partial charge in [-0.05, 0) is 18.1 Å². The molecule has 2 N–H and O–H groups in total. The molecule has 0 saturated heterocycles. The molecule has 0 aliphatic carbocycles. The van der Waals surface area contributed by atoms with Crippen molar-refractivity contribution < 1.29 is 4.79 Å². The van der Waals surface area contributed by atoms with Crippen LogP contribution in [-0.2, 0) is 11.2 Å². The van der Waals surface area contributed by atoms with Gasteiger partial charge in [0, 0.05) is 18.1 Å². The minimum absolute atomic E-state index is 0.0259. The molecule has 0 saturated carbocycles. The number of benzene rings is 1. The molecule has 82 valence electrons. The molecule has 0 aliphatic rings. The van der Waals surface area contributed by atoms with Crippen molar-refractivity contribution in [2.45, 2.75) is 6.42 Å². The highest BCUT2D eigenvalue weighted by Crippen LogP contribution is 2.16. The predicted octanol–water partition coefficient (Wildman–Crippen LogP) is 1.41. The quantitative estimate of drug-likeness (QED) is 0.900. The lowest BCUT2D eigenvalue weighted by Crippen LogP contribution is -2.34. The van der Waals surface area contributed by atoms with Crippen molar-refractivity contribution in [3.8, 4) is 0 Å². The molecule has 4 heteroatoms. The number of amides is 1. The summed E-state index contributed by atoms with van der Waals surface area (Å²) in [6, 6.07) is 8.01. The highest BCUT2D eigenvalue weighted by molar-refractivity contribution is 9.10. The Bertz CT molecular complexity index is 341. The summed E-state index contributed by atoms with van der Waals surface area (Å²) in [4.78, 5) is 12.9. The van der Waals surface area contributed by atoms with E-state index < -0.39 is 0 Å². The maximum atomic E-state index is 11.2. The Labute approximate surface area is 98.4 Å². The Morgan fingerprint density at radius 2 is 2.13 bits per heavy atom. The number of nitrogens with two attached hydrogens (primary N) is 1. The molecule has 0 aliphatic heterocycles. The third kappa shape index (κ3) is 3.64. The first-order chi connectivity index (χ1) is 7.15. The van der Waals surface area contributed by atoms with Crippen molar-refractivity contribution in [1.82, 2.24) is 4.90 Å². The van der Waals surface area contributed by atoms with Crippen LogP contribution in [-0.4, -0.2) is 30.9 Å². The molecule has 0 unspecified atom stereocenters. The van der Waals surface area contributed by atoms with Gasteiger partial charge in [-0.3, -0.25) is 4.79 Å². The van der Waals surface area contributed by atoms with Crippen molar-refractivity contribution >= 4 is 21.8 Å². The molecule has 0 aromatic heterocycles. The summed E-state index contributed by atoms with van der Waals surface area (Å²) in [6.45, 7) is 0.769. The second-order valence-electron chi connectivity index (χ2n) is 3.36. The molecule has 3 nitrogen and oxygen atoms in total. The maximum Gasteiger partial charge on any atom is 0.236 e. The zero-order valence-corrected chi connectivity index (χ0v) is 10.3. The van der Waals surface area contributed by atoms with E-state index in [1.54, 1.807) is 11.9 Å². The van der Waals surface area contributed by atoms with Crippen LogP contribution in [0.3, 0.4) is 0 Å². The molecule has 0 bridgehead atoms. The normalized spacial score (nSPS) is 10.1. The summed E-state index contributed by atoms with van der Waals surface area (Å²) < 4.78 is 1.08. The zero-order valence-electron chi connectivity index (χ0n) is 8.74. The Hall–Kier alpha value is -0.870. The number of nitrogens with zero attached hydrogens (tertiary/aromatic N) is 1. The zero-order chi connectivity index (χ0) is 11.3. The van der Waals surface area contributed by atoms with E-state index in [4.69, 9.17) is 5.73 Å². The highest BCUT2D eigenvalue weighted by atomic mass is 79.9. The molecule has 1 aromatic rings. The van der Waals surface area contributed by atoms with Crippen LogP contribution in [0.1, 0.15) is 5.56 Å². The van der Waals surface area contributed by atoms with Crippen LogP contribution >= 0.6 is 15.9 Å². The van der Waals surface area contributed by atoms with E-state index in [2.05, 4.69) is 15.9 Å². The Morgan fingerprint density at radius 1 is 1.47 bits per heavy atom. The molecule has 15 heavy (non-hydrogen) atoms. The number of halogens is 1. The van der Waals surface area contributed by atoms with Gasteiger partial charge in [0.25, 0.3) is 0 Å². The lowest BCUT2D eigenvalue weighted by atomic mass is 10.1. The fraction of sp³-hybridized carbons (Fsp3) is 0.364. The minimum Gasteiger partial charge on any atom is -0.344 e. The number of likely N-dealkylation sites (N-methyl/N-ethyl adjacent to an activating group) is 1. The first kappa shape index (κ1) is 12.2. The van der Waals surface area contributed by atoms with E-state index in [0.717, 1.165) is 10.9 Å². The third-order valence-corrected chi connectivity index (χ3v) is 3.05. The monoisotopic (exact) mass is 270 g/mol. The summed E-state index contributed by atoms with van der Waals surface area (Å²) in [5, 5.41) is 0. The second kappa shape index (κ2) is 5.88. The predicted molar refractivity (Wildman–Crippen MR) is 64.5 cm³/mol. The largest absolute Gasteiger partial charge is 0.344 e. The average molecular weight is 271 g/mol. The standard InChI is InChI=1S/C11H15BrN2O/c1-14(11(15)8-13)7-6-9-4-2-3-5-10(9)12/h2-5H,6-8,13H2,1H3. The van der Waals surface area contributed by atoms with E-state index >= 15 is 0 Å². The van der Waals surface area contributed by atoms with Crippen molar-refractivity contribution in [3.63, 3.8) is 0 Å². The average Bonchev–Trinajstić information content (AvgIpc) is 2.26. The molecular formula is C11H15BrN2O.